The molecular weight excluding hydrogens is 528 g/mol. The minimum absolute atomic E-state index is 0.175. The first-order valence-corrected chi connectivity index (χ1v) is 13.8. The Morgan fingerprint density at radius 1 is 1.11 bits per heavy atom. The Hall–Kier alpha value is -2.42. The summed E-state index contributed by atoms with van der Waals surface area (Å²) < 4.78 is 13.8. The maximum atomic E-state index is 13.8. The van der Waals surface area contributed by atoms with Gasteiger partial charge in [-0.1, -0.05) is 23.2 Å². The smallest absolute Gasteiger partial charge is 0.187 e. The molecule has 5 rings (SSSR count). The summed E-state index contributed by atoms with van der Waals surface area (Å²) in [4.78, 5) is 19.9. The number of aliphatic hydroxyl groups excluding tert-OH is 1. The minimum atomic E-state index is -1.16. The summed E-state index contributed by atoms with van der Waals surface area (Å²) in [6.07, 6.45) is 7.02. The van der Waals surface area contributed by atoms with Crippen LogP contribution in [-0.4, -0.2) is 75.2 Å². The summed E-state index contributed by atoms with van der Waals surface area (Å²) in [7, 11) is 0. The fraction of sp³-hybridized carbons (Fsp3) is 0.414. The van der Waals surface area contributed by atoms with Crippen LogP contribution in [0.4, 0.5) is 4.39 Å². The molecule has 0 saturated carbocycles. The van der Waals surface area contributed by atoms with Gasteiger partial charge in [-0.3, -0.25) is 4.79 Å². The maximum Gasteiger partial charge on any atom is 0.187 e. The lowest BCUT2D eigenvalue weighted by atomic mass is 9.84. The number of halogens is 3. The SMILES string of the molecule is O=C(C=CN1CCC(O)(C(O)CN2CCC(c3c[nH]c4ccc(F)cc34)CC2)CC1)c1ccc(Cl)c(Cl)c1. The number of nitrogens with zero attached hydrogens (tertiary/aromatic N) is 2. The van der Waals surface area contributed by atoms with Gasteiger partial charge in [-0.15, -0.1) is 0 Å². The van der Waals surface area contributed by atoms with Crippen LogP contribution in [0.25, 0.3) is 10.9 Å². The van der Waals surface area contributed by atoms with Gasteiger partial charge >= 0.3 is 0 Å². The molecule has 1 aromatic heterocycles. The first-order chi connectivity index (χ1) is 18.2. The van der Waals surface area contributed by atoms with Crippen LogP contribution in [0.1, 0.15) is 47.5 Å². The van der Waals surface area contributed by atoms with E-state index in [0.29, 0.717) is 54.0 Å². The van der Waals surface area contributed by atoms with Crippen LogP contribution in [0, 0.1) is 5.82 Å². The quantitative estimate of drug-likeness (QED) is 0.267. The Morgan fingerprint density at radius 2 is 1.84 bits per heavy atom. The number of H-pyrrole nitrogens is 1. The Bertz CT molecular complexity index is 1330. The monoisotopic (exact) mass is 559 g/mol. The second kappa shape index (κ2) is 11.4. The number of aliphatic hydroxyl groups is 2. The first kappa shape index (κ1) is 27.2. The lowest BCUT2D eigenvalue weighted by Crippen LogP contribution is -2.54. The second-order valence-corrected chi connectivity index (χ2v) is 11.3. The summed E-state index contributed by atoms with van der Waals surface area (Å²) >= 11 is 11.9. The molecule has 0 spiro atoms. The molecule has 3 heterocycles. The topological polar surface area (TPSA) is 79.8 Å². The lowest BCUT2D eigenvalue weighted by Gasteiger charge is -2.43. The van der Waals surface area contributed by atoms with Crippen molar-refractivity contribution in [3.63, 3.8) is 0 Å². The summed E-state index contributed by atoms with van der Waals surface area (Å²) in [5.41, 5.74) is 1.39. The largest absolute Gasteiger partial charge is 0.389 e. The molecule has 38 heavy (non-hydrogen) atoms. The molecule has 0 bridgehead atoms. The summed E-state index contributed by atoms with van der Waals surface area (Å²) in [6, 6.07) is 9.61. The Balaban J connectivity index is 1.10. The number of carbonyl (C=O) groups excluding carboxylic acids is 1. The van der Waals surface area contributed by atoms with Crippen LogP contribution < -0.4 is 0 Å². The highest BCUT2D eigenvalue weighted by molar-refractivity contribution is 6.42. The summed E-state index contributed by atoms with van der Waals surface area (Å²) in [5, 5.41) is 23.8. The zero-order valence-electron chi connectivity index (χ0n) is 21.0. The van der Waals surface area contributed by atoms with Gasteiger partial charge in [-0.2, -0.15) is 0 Å². The number of hydrogen-bond donors (Lipinski definition) is 3. The number of allylic oxidation sites excluding steroid dienone is 1. The van der Waals surface area contributed by atoms with E-state index in [0.717, 1.165) is 42.4 Å². The summed E-state index contributed by atoms with van der Waals surface area (Å²) in [5.74, 6) is -0.0685. The van der Waals surface area contributed by atoms with Crippen molar-refractivity contribution in [2.24, 2.45) is 0 Å². The van der Waals surface area contributed by atoms with Crippen LogP contribution >= 0.6 is 23.2 Å². The van der Waals surface area contributed by atoms with Crippen molar-refractivity contribution in [2.75, 3.05) is 32.7 Å². The molecule has 1 unspecified atom stereocenters. The van der Waals surface area contributed by atoms with Crippen molar-refractivity contribution >= 4 is 39.9 Å². The predicted molar refractivity (Wildman–Crippen MR) is 148 cm³/mol. The van der Waals surface area contributed by atoms with Gasteiger partial charge in [0.25, 0.3) is 0 Å². The molecule has 3 aromatic rings. The van der Waals surface area contributed by atoms with E-state index in [1.807, 2.05) is 11.1 Å². The second-order valence-electron chi connectivity index (χ2n) is 10.5. The number of ketones is 1. The number of rotatable bonds is 7. The van der Waals surface area contributed by atoms with Crippen LogP contribution in [-0.2, 0) is 0 Å². The molecule has 2 saturated heterocycles. The van der Waals surface area contributed by atoms with Crippen LogP contribution in [0.3, 0.4) is 0 Å². The number of benzene rings is 2. The average Bonchev–Trinajstić information content (AvgIpc) is 3.33. The number of hydrogen-bond acceptors (Lipinski definition) is 5. The van der Waals surface area contributed by atoms with Crippen molar-refractivity contribution in [3.05, 3.63) is 81.9 Å². The van der Waals surface area contributed by atoms with Crippen LogP contribution in [0.5, 0.6) is 0 Å². The van der Waals surface area contributed by atoms with Gasteiger partial charge in [0.15, 0.2) is 5.78 Å². The number of likely N-dealkylation sites (tertiary alicyclic amines) is 2. The third kappa shape index (κ3) is 5.92. The van der Waals surface area contributed by atoms with E-state index in [4.69, 9.17) is 23.2 Å². The van der Waals surface area contributed by atoms with E-state index in [9.17, 15) is 19.4 Å². The lowest BCUT2D eigenvalue weighted by molar-refractivity contribution is -0.114. The number of fused-ring (bicyclic) bond motifs is 1. The Kier molecular flexibility index (Phi) is 8.12. The highest BCUT2D eigenvalue weighted by Gasteiger charge is 2.39. The van der Waals surface area contributed by atoms with Gasteiger partial charge < -0.3 is 25.0 Å². The number of piperidine rings is 2. The zero-order chi connectivity index (χ0) is 26.9. The van der Waals surface area contributed by atoms with Crippen molar-refractivity contribution in [1.29, 1.82) is 0 Å². The van der Waals surface area contributed by atoms with Crippen LogP contribution in [0.15, 0.2) is 54.9 Å². The molecule has 2 aliphatic heterocycles. The molecule has 1 atom stereocenters. The predicted octanol–water partition coefficient (Wildman–Crippen LogP) is 5.38. The molecule has 0 amide bonds. The zero-order valence-corrected chi connectivity index (χ0v) is 22.6. The van der Waals surface area contributed by atoms with Crippen molar-refractivity contribution < 1.29 is 19.4 Å². The standard InChI is InChI=1S/C29H32Cl2FN3O3/c30-24-3-1-20(15-25(24)31)27(36)7-12-34-13-8-29(38,9-14-34)28(37)18-35-10-5-19(6-11-35)23-17-33-26-4-2-21(32)16-22(23)26/h1-4,7,12,15-17,19,28,33,37-38H,5-6,8-11,13-14,18H2. The van der Waals surface area contributed by atoms with Crippen molar-refractivity contribution in [1.82, 2.24) is 14.8 Å². The van der Waals surface area contributed by atoms with Gasteiger partial charge in [0.1, 0.15) is 5.82 Å². The van der Waals surface area contributed by atoms with E-state index in [1.54, 1.807) is 36.5 Å². The number of aromatic amines is 1. The first-order valence-electron chi connectivity index (χ1n) is 13.0. The highest BCUT2D eigenvalue weighted by Crippen LogP contribution is 2.34. The number of β-amino-alcohol motifs (C(OH)–C–C–N with tert-alkyl or cyclic N) is 1. The normalized spacial score (nSPS) is 19.9. The molecule has 3 N–H and O–H groups in total. The Morgan fingerprint density at radius 3 is 2.55 bits per heavy atom. The van der Waals surface area contributed by atoms with Gasteiger partial charge in [0, 0.05) is 54.6 Å². The van der Waals surface area contributed by atoms with Crippen molar-refractivity contribution in [3.8, 4) is 0 Å². The molecule has 202 valence electrons. The van der Waals surface area contributed by atoms with E-state index in [1.165, 1.54) is 12.1 Å². The van der Waals surface area contributed by atoms with E-state index in [2.05, 4.69) is 9.88 Å². The number of carbonyl (C=O) groups is 1. The molecule has 2 aromatic carbocycles. The highest BCUT2D eigenvalue weighted by atomic mass is 35.5. The average molecular weight is 560 g/mol. The molecular formula is C29H32Cl2FN3O3. The summed E-state index contributed by atoms with van der Waals surface area (Å²) in [6.45, 7) is 3.12. The minimum Gasteiger partial charge on any atom is -0.389 e. The van der Waals surface area contributed by atoms with Gasteiger partial charge in [-0.25, -0.2) is 4.39 Å². The third-order valence-corrected chi connectivity index (χ3v) is 8.80. The van der Waals surface area contributed by atoms with E-state index >= 15 is 0 Å². The molecule has 2 aliphatic rings. The molecule has 2 fully saturated rings. The molecule has 0 radical (unpaired) electrons. The van der Waals surface area contributed by atoms with Gasteiger partial charge in [0.2, 0.25) is 0 Å². The van der Waals surface area contributed by atoms with Gasteiger partial charge in [-0.05, 0) is 86.7 Å². The maximum absolute atomic E-state index is 13.8. The molecule has 6 nitrogen and oxygen atoms in total. The van der Waals surface area contributed by atoms with Gasteiger partial charge in [0.05, 0.1) is 21.8 Å². The molecule has 0 aliphatic carbocycles. The van der Waals surface area contributed by atoms with Crippen LogP contribution in [0.2, 0.25) is 10.0 Å². The molecule has 9 heteroatoms. The van der Waals surface area contributed by atoms with E-state index < -0.39 is 11.7 Å². The van der Waals surface area contributed by atoms with Crippen molar-refractivity contribution in [2.45, 2.75) is 43.3 Å². The fourth-order valence-electron chi connectivity index (χ4n) is 5.61. The van der Waals surface area contributed by atoms with E-state index in [-0.39, 0.29) is 11.6 Å². The number of nitrogens with one attached hydrogen (secondary N) is 1. The fourth-order valence-corrected chi connectivity index (χ4v) is 5.90. The third-order valence-electron chi connectivity index (χ3n) is 8.06. The Labute approximate surface area is 231 Å². The number of aromatic nitrogens is 1.